The molecule has 1 aromatic heterocycles. The molecule has 1 aliphatic rings. The van der Waals surface area contributed by atoms with Gasteiger partial charge in [-0.3, -0.25) is 14.3 Å². The fourth-order valence-electron chi connectivity index (χ4n) is 4.13. The molecular weight excluding hydrogens is 474 g/mol. The number of benzene rings is 2. The zero-order valence-electron chi connectivity index (χ0n) is 19.8. The molecule has 4 rings (SSSR count). The van der Waals surface area contributed by atoms with Crippen LogP contribution in [0.15, 0.2) is 48.8 Å². The lowest BCUT2D eigenvalue weighted by Crippen LogP contribution is -2.38. The zero-order valence-corrected chi connectivity index (χ0v) is 20.6. The number of piperidine rings is 1. The molecule has 0 spiro atoms. The quantitative estimate of drug-likeness (QED) is 0.457. The van der Waals surface area contributed by atoms with Gasteiger partial charge in [-0.25, -0.2) is 8.78 Å². The van der Waals surface area contributed by atoms with E-state index in [9.17, 15) is 18.4 Å². The molecule has 2 amide bonds. The van der Waals surface area contributed by atoms with Gasteiger partial charge in [0, 0.05) is 30.5 Å². The Hall–Kier alpha value is -3.26. The predicted octanol–water partition coefficient (Wildman–Crippen LogP) is 5.84. The number of hydrogen-bond acceptors (Lipinski definition) is 3. The highest BCUT2D eigenvalue weighted by Gasteiger charge is 2.26. The van der Waals surface area contributed by atoms with E-state index >= 15 is 0 Å². The standard InChI is InChI=1S/C26H27ClF2N4O2/c1-26(2,3)33-15-19(14-30-33)24(34)31-20-6-4-16(5-7-20)17-8-10-32(11-9-17)25(35)18-12-21(27)23(29)22(28)13-18/h4-7,12-15,17H,8-11H2,1-3H3,(H,31,34). The summed E-state index contributed by atoms with van der Waals surface area (Å²) in [6.07, 6.45) is 4.76. The van der Waals surface area contributed by atoms with Crippen molar-refractivity contribution < 1.29 is 18.4 Å². The molecule has 0 unspecified atom stereocenters. The van der Waals surface area contributed by atoms with Crippen molar-refractivity contribution >= 4 is 29.1 Å². The number of anilines is 1. The zero-order chi connectivity index (χ0) is 25.3. The topological polar surface area (TPSA) is 67.2 Å². The molecule has 0 atom stereocenters. The van der Waals surface area contributed by atoms with Crippen molar-refractivity contribution in [1.29, 1.82) is 0 Å². The van der Waals surface area contributed by atoms with Crippen LogP contribution in [0, 0.1) is 11.6 Å². The first-order valence-electron chi connectivity index (χ1n) is 11.4. The van der Waals surface area contributed by atoms with Crippen molar-refractivity contribution in [3.8, 4) is 0 Å². The maximum absolute atomic E-state index is 13.6. The molecule has 6 nitrogen and oxygen atoms in total. The van der Waals surface area contributed by atoms with Gasteiger partial charge in [-0.05, 0) is 69.4 Å². The highest BCUT2D eigenvalue weighted by atomic mass is 35.5. The number of carbonyl (C=O) groups is 2. The number of hydrogen-bond donors (Lipinski definition) is 1. The van der Waals surface area contributed by atoms with Gasteiger partial charge >= 0.3 is 0 Å². The molecule has 3 aromatic rings. The van der Waals surface area contributed by atoms with Crippen LogP contribution in [0.5, 0.6) is 0 Å². The van der Waals surface area contributed by atoms with E-state index in [2.05, 4.69) is 10.4 Å². The Bertz CT molecular complexity index is 1220. The molecule has 35 heavy (non-hydrogen) atoms. The van der Waals surface area contributed by atoms with Crippen LogP contribution < -0.4 is 5.32 Å². The Morgan fingerprint density at radius 1 is 1.06 bits per heavy atom. The molecule has 1 fully saturated rings. The molecule has 9 heteroatoms. The van der Waals surface area contributed by atoms with Crippen LogP contribution in [0.3, 0.4) is 0 Å². The number of halogens is 3. The van der Waals surface area contributed by atoms with Crippen LogP contribution in [0.2, 0.25) is 5.02 Å². The average Bonchev–Trinajstić information content (AvgIpc) is 3.34. The van der Waals surface area contributed by atoms with Gasteiger partial charge in [-0.1, -0.05) is 23.7 Å². The molecule has 0 aliphatic carbocycles. The Morgan fingerprint density at radius 2 is 1.71 bits per heavy atom. The van der Waals surface area contributed by atoms with Crippen molar-refractivity contribution in [2.24, 2.45) is 0 Å². The summed E-state index contributed by atoms with van der Waals surface area (Å²) in [5.41, 5.74) is 2.13. The van der Waals surface area contributed by atoms with Crippen molar-refractivity contribution in [2.75, 3.05) is 18.4 Å². The predicted molar refractivity (Wildman–Crippen MR) is 131 cm³/mol. The van der Waals surface area contributed by atoms with E-state index in [0.717, 1.165) is 30.5 Å². The fourth-order valence-corrected chi connectivity index (χ4v) is 4.33. The second kappa shape index (κ2) is 9.77. The fraction of sp³-hybridized carbons (Fsp3) is 0.346. The van der Waals surface area contributed by atoms with E-state index in [-0.39, 0.29) is 28.8 Å². The second-order valence-corrected chi connectivity index (χ2v) is 10.1. The summed E-state index contributed by atoms with van der Waals surface area (Å²) >= 11 is 5.69. The van der Waals surface area contributed by atoms with Gasteiger partial charge in [0.15, 0.2) is 11.6 Å². The minimum Gasteiger partial charge on any atom is -0.339 e. The molecule has 0 bridgehead atoms. The van der Waals surface area contributed by atoms with Crippen molar-refractivity contribution in [1.82, 2.24) is 14.7 Å². The van der Waals surface area contributed by atoms with Gasteiger partial charge < -0.3 is 10.2 Å². The summed E-state index contributed by atoms with van der Waals surface area (Å²) in [4.78, 5) is 26.9. The number of carbonyl (C=O) groups excluding carboxylic acids is 2. The monoisotopic (exact) mass is 500 g/mol. The first kappa shape index (κ1) is 24.9. The van der Waals surface area contributed by atoms with Gasteiger partial charge in [0.25, 0.3) is 11.8 Å². The summed E-state index contributed by atoms with van der Waals surface area (Å²) in [6, 6.07) is 9.73. The summed E-state index contributed by atoms with van der Waals surface area (Å²) in [7, 11) is 0. The molecule has 1 saturated heterocycles. The average molecular weight is 501 g/mol. The lowest BCUT2D eigenvalue weighted by atomic mass is 9.89. The Morgan fingerprint density at radius 3 is 2.29 bits per heavy atom. The van der Waals surface area contributed by atoms with E-state index < -0.39 is 16.7 Å². The van der Waals surface area contributed by atoms with E-state index in [1.54, 1.807) is 22.0 Å². The first-order valence-corrected chi connectivity index (χ1v) is 11.8. The Kier molecular flexibility index (Phi) is 6.94. The largest absolute Gasteiger partial charge is 0.339 e. The Balaban J connectivity index is 1.34. The SMILES string of the molecule is CC(C)(C)n1cc(C(=O)Nc2ccc(C3CCN(C(=O)c4cc(F)c(F)c(Cl)c4)CC3)cc2)cn1. The second-order valence-electron chi connectivity index (χ2n) is 9.74. The van der Waals surface area contributed by atoms with Crippen molar-refractivity contribution in [3.05, 3.63) is 82.1 Å². The van der Waals surface area contributed by atoms with E-state index in [1.807, 2.05) is 45.0 Å². The molecule has 0 saturated carbocycles. The minimum atomic E-state index is -1.15. The van der Waals surface area contributed by atoms with Gasteiger partial charge in [-0.2, -0.15) is 5.10 Å². The van der Waals surface area contributed by atoms with Crippen LogP contribution in [0.25, 0.3) is 0 Å². The maximum Gasteiger partial charge on any atom is 0.258 e. The van der Waals surface area contributed by atoms with Crippen LogP contribution in [-0.4, -0.2) is 39.6 Å². The third-order valence-corrected chi connectivity index (χ3v) is 6.46. The smallest absolute Gasteiger partial charge is 0.258 e. The van der Waals surface area contributed by atoms with Crippen LogP contribution in [0.4, 0.5) is 14.5 Å². The van der Waals surface area contributed by atoms with Crippen LogP contribution >= 0.6 is 11.6 Å². The molecule has 0 radical (unpaired) electrons. The number of likely N-dealkylation sites (tertiary alicyclic amines) is 1. The summed E-state index contributed by atoms with van der Waals surface area (Å²) in [5.74, 6) is -2.62. The summed E-state index contributed by atoms with van der Waals surface area (Å²) < 4.78 is 28.8. The molecule has 2 aromatic carbocycles. The number of rotatable bonds is 4. The third kappa shape index (κ3) is 5.53. The lowest BCUT2D eigenvalue weighted by molar-refractivity contribution is 0.0712. The molecule has 1 N–H and O–H groups in total. The highest BCUT2D eigenvalue weighted by molar-refractivity contribution is 6.31. The molecule has 2 heterocycles. The van der Waals surface area contributed by atoms with Gasteiger partial charge in [0.05, 0.1) is 22.3 Å². The van der Waals surface area contributed by atoms with E-state index in [0.29, 0.717) is 24.3 Å². The van der Waals surface area contributed by atoms with Crippen LogP contribution in [0.1, 0.15) is 65.8 Å². The van der Waals surface area contributed by atoms with Gasteiger partial charge in [0.2, 0.25) is 0 Å². The molecular formula is C26H27ClF2N4O2. The number of amides is 2. The lowest BCUT2D eigenvalue weighted by Gasteiger charge is -2.32. The summed E-state index contributed by atoms with van der Waals surface area (Å²) in [6.45, 7) is 7.03. The van der Waals surface area contributed by atoms with Crippen LogP contribution in [-0.2, 0) is 5.54 Å². The Labute approximate surface area is 207 Å². The number of nitrogens with one attached hydrogen (secondary N) is 1. The maximum atomic E-state index is 13.6. The molecule has 1 aliphatic heterocycles. The normalized spacial score (nSPS) is 14.7. The minimum absolute atomic E-state index is 0.0421. The van der Waals surface area contributed by atoms with Gasteiger partial charge in [-0.15, -0.1) is 0 Å². The van der Waals surface area contributed by atoms with Crippen molar-refractivity contribution in [2.45, 2.75) is 45.1 Å². The number of nitrogens with zero attached hydrogens (tertiary/aromatic N) is 3. The third-order valence-electron chi connectivity index (χ3n) is 6.18. The number of aromatic nitrogens is 2. The first-order chi connectivity index (χ1) is 16.5. The summed E-state index contributed by atoms with van der Waals surface area (Å²) in [5, 5.41) is 6.75. The van der Waals surface area contributed by atoms with Crippen molar-refractivity contribution in [3.63, 3.8) is 0 Å². The van der Waals surface area contributed by atoms with E-state index in [1.165, 1.54) is 0 Å². The van der Waals surface area contributed by atoms with E-state index in [4.69, 9.17) is 11.6 Å². The highest BCUT2D eigenvalue weighted by Crippen LogP contribution is 2.30. The molecule has 184 valence electrons. The van der Waals surface area contributed by atoms with Gasteiger partial charge in [0.1, 0.15) is 0 Å².